The number of benzene rings is 1. The van der Waals surface area contributed by atoms with E-state index in [4.69, 9.17) is 4.74 Å². The molecule has 8 heteroatoms. The minimum Gasteiger partial charge on any atom is -0.494 e. The Bertz CT molecular complexity index is 915. The molecule has 1 aromatic carbocycles. The third-order valence-electron chi connectivity index (χ3n) is 4.07. The van der Waals surface area contributed by atoms with Gasteiger partial charge in [-0.1, -0.05) is 13.0 Å². The molecule has 0 radical (unpaired) electrons. The molecule has 25 heavy (non-hydrogen) atoms. The maximum atomic E-state index is 13.7. The molecule has 0 spiro atoms. The number of aromatic nitrogens is 4. The number of nitrogens with zero attached hydrogens (tertiary/aromatic N) is 3. The lowest BCUT2D eigenvalue weighted by Crippen LogP contribution is -2.13. The van der Waals surface area contributed by atoms with E-state index in [1.807, 2.05) is 14.0 Å². The van der Waals surface area contributed by atoms with Crippen LogP contribution in [-0.4, -0.2) is 33.0 Å². The smallest absolute Gasteiger partial charge is 0.225 e. The summed E-state index contributed by atoms with van der Waals surface area (Å²) in [6.07, 6.45) is 1.40. The third-order valence-corrected chi connectivity index (χ3v) is 4.07. The number of carbonyl (C=O) groups excluding carboxylic acids is 1. The number of carbonyl (C=O) groups is 1. The van der Waals surface area contributed by atoms with E-state index in [9.17, 15) is 9.18 Å². The Labute approximate surface area is 144 Å². The SMILES string of the molecule is CCc1nn(C)c2n[nH]c(NC(=O)CCc3ccc(OC)c(F)c3)c12. The molecule has 3 rings (SSSR count). The first-order valence-corrected chi connectivity index (χ1v) is 8.05. The summed E-state index contributed by atoms with van der Waals surface area (Å²) in [5.74, 6) is 0.133. The van der Waals surface area contributed by atoms with Crippen LogP contribution in [0.5, 0.6) is 5.75 Å². The van der Waals surface area contributed by atoms with Gasteiger partial charge in [0.1, 0.15) is 5.82 Å². The molecule has 132 valence electrons. The van der Waals surface area contributed by atoms with Gasteiger partial charge in [-0.25, -0.2) is 9.07 Å². The number of rotatable bonds is 6. The second kappa shape index (κ2) is 6.92. The van der Waals surface area contributed by atoms with Gasteiger partial charge in [-0.2, -0.15) is 10.2 Å². The van der Waals surface area contributed by atoms with Gasteiger partial charge in [0.25, 0.3) is 0 Å². The zero-order chi connectivity index (χ0) is 18.0. The van der Waals surface area contributed by atoms with Crippen LogP contribution < -0.4 is 10.1 Å². The fourth-order valence-corrected chi connectivity index (χ4v) is 2.78. The Balaban J connectivity index is 1.68. The number of H-pyrrole nitrogens is 1. The molecular formula is C17H20FN5O2. The van der Waals surface area contributed by atoms with Crippen LogP contribution in [-0.2, 0) is 24.7 Å². The fraction of sp³-hybridized carbons (Fsp3) is 0.353. The minimum absolute atomic E-state index is 0.173. The number of aromatic amines is 1. The van der Waals surface area contributed by atoms with Crippen LogP contribution >= 0.6 is 0 Å². The van der Waals surface area contributed by atoms with Gasteiger partial charge in [-0.3, -0.25) is 9.89 Å². The van der Waals surface area contributed by atoms with Gasteiger partial charge in [-0.15, -0.1) is 0 Å². The topological polar surface area (TPSA) is 84.8 Å². The van der Waals surface area contributed by atoms with Gasteiger partial charge in [-0.05, 0) is 30.5 Å². The molecule has 0 saturated heterocycles. The quantitative estimate of drug-likeness (QED) is 0.719. The zero-order valence-corrected chi connectivity index (χ0v) is 14.4. The van der Waals surface area contributed by atoms with Crippen molar-refractivity contribution in [3.63, 3.8) is 0 Å². The Kier molecular flexibility index (Phi) is 4.69. The molecule has 2 heterocycles. The Morgan fingerprint density at radius 2 is 2.24 bits per heavy atom. The number of fused-ring (bicyclic) bond motifs is 1. The maximum Gasteiger partial charge on any atom is 0.225 e. The molecule has 2 aromatic heterocycles. The first kappa shape index (κ1) is 16.9. The Hall–Kier alpha value is -2.90. The van der Waals surface area contributed by atoms with Crippen molar-refractivity contribution < 1.29 is 13.9 Å². The molecule has 0 atom stereocenters. The second-order valence-corrected chi connectivity index (χ2v) is 5.74. The number of ether oxygens (including phenoxy) is 1. The molecule has 1 amide bonds. The van der Waals surface area contributed by atoms with Crippen molar-refractivity contribution in [2.45, 2.75) is 26.2 Å². The van der Waals surface area contributed by atoms with Gasteiger partial charge >= 0.3 is 0 Å². The molecule has 0 aliphatic rings. The summed E-state index contributed by atoms with van der Waals surface area (Å²) in [4.78, 5) is 12.2. The summed E-state index contributed by atoms with van der Waals surface area (Å²) in [7, 11) is 3.23. The van der Waals surface area contributed by atoms with Crippen LogP contribution in [0.4, 0.5) is 10.2 Å². The number of methoxy groups -OCH3 is 1. The number of halogens is 1. The van der Waals surface area contributed by atoms with Crippen LogP contribution in [0.15, 0.2) is 18.2 Å². The van der Waals surface area contributed by atoms with E-state index in [0.717, 1.165) is 23.1 Å². The minimum atomic E-state index is -0.432. The number of hydrogen-bond donors (Lipinski definition) is 2. The monoisotopic (exact) mass is 345 g/mol. The number of hydrogen-bond acceptors (Lipinski definition) is 4. The molecule has 0 unspecified atom stereocenters. The largest absolute Gasteiger partial charge is 0.494 e. The molecule has 0 bridgehead atoms. The average molecular weight is 345 g/mol. The predicted octanol–water partition coefficient (Wildman–Crippen LogP) is 2.58. The lowest BCUT2D eigenvalue weighted by molar-refractivity contribution is -0.116. The fourth-order valence-electron chi connectivity index (χ4n) is 2.78. The lowest BCUT2D eigenvalue weighted by Gasteiger charge is -2.06. The molecule has 0 aliphatic heterocycles. The molecule has 7 nitrogen and oxygen atoms in total. The van der Waals surface area contributed by atoms with E-state index in [1.54, 1.807) is 16.8 Å². The molecule has 0 aliphatic carbocycles. The van der Waals surface area contributed by atoms with Crippen molar-refractivity contribution in [3.8, 4) is 5.75 Å². The molecule has 2 N–H and O–H groups in total. The highest BCUT2D eigenvalue weighted by atomic mass is 19.1. The van der Waals surface area contributed by atoms with Crippen molar-refractivity contribution in [2.75, 3.05) is 12.4 Å². The molecule has 0 saturated carbocycles. The molecule has 0 fully saturated rings. The average Bonchev–Trinajstić information content (AvgIpc) is 3.15. The first-order valence-electron chi connectivity index (χ1n) is 8.05. The third kappa shape index (κ3) is 3.33. The number of anilines is 1. The van der Waals surface area contributed by atoms with Crippen molar-refractivity contribution in [1.29, 1.82) is 0 Å². The highest BCUT2D eigenvalue weighted by molar-refractivity contribution is 5.99. The maximum absolute atomic E-state index is 13.7. The van der Waals surface area contributed by atoms with E-state index < -0.39 is 5.82 Å². The summed E-state index contributed by atoms with van der Waals surface area (Å²) in [5.41, 5.74) is 2.31. The zero-order valence-electron chi connectivity index (χ0n) is 14.4. The molecule has 3 aromatic rings. The van der Waals surface area contributed by atoms with E-state index in [-0.39, 0.29) is 18.1 Å². The summed E-state index contributed by atoms with van der Waals surface area (Å²) in [6.45, 7) is 2.00. The Morgan fingerprint density at radius 1 is 1.44 bits per heavy atom. The number of nitrogens with one attached hydrogen (secondary N) is 2. The number of aryl methyl sites for hydroxylation is 3. The van der Waals surface area contributed by atoms with Crippen molar-refractivity contribution in [3.05, 3.63) is 35.3 Å². The van der Waals surface area contributed by atoms with E-state index in [0.29, 0.717) is 17.9 Å². The summed E-state index contributed by atoms with van der Waals surface area (Å²) in [6, 6.07) is 4.70. The standard InChI is InChI=1S/C17H20FN5O2/c1-4-12-15-16(20-21-17(15)23(2)22-12)19-14(24)8-6-10-5-7-13(25-3)11(18)9-10/h5,7,9H,4,6,8H2,1-3H3,(H2,19,20,21,24). The van der Waals surface area contributed by atoms with Crippen LogP contribution in [0.2, 0.25) is 0 Å². The van der Waals surface area contributed by atoms with Gasteiger partial charge in [0.05, 0.1) is 18.2 Å². The van der Waals surface area contributed by atoms with Crippen LogP contribution in [0.3, 0.4) is 0 Å². The van der Waals surface area contributed by atoms with Gasteiger partial charge in [0, 0.05) is 13.5 Å². The summed E-state index contributed by atoms with van der Waals surface area (Å²) in [5, 5.41) is 15.1. The second-order valence-electron chi connectivity index (χ2n) is 5.74. The van der Waals surface area contributed by atoms with Crippen molar-refractivity contribution >= 4 is 22.8 Å². The van der Waals surface area contributed by atoms with E-state index in [2.05, 4.69) is 20.6 Å². The highest BCUT2D eigenvalue weighted by Crippen LogP contribution is 2.24. The van der Waals surface area contributed by atoms with E-state index >= 15 is 0 Å². The normalized spacial score (nSPS) is 11.0. The van der Waals surface area contributed by atoms with Gasteiger partial charge in [0.2, 0.25) is 5.91 Å². The van der Waals surface area contributed by atoms with E-state index in [1.165, 1.54) is 13.2 Å². The van der Waals surface area contributed by atoms with Gasteiger partial charge in [0.15, 0.2) is 17.2 Å². The van der Waals surface area contributed by atoms with Gasteiger partial charge < -0.3 is 10.1 Å². The van der Waals surface area contributed by atoms with Crippen molar-refractivity contribution in [1.82, 2.24) is 20.0 Å². The lowest BCUT2D eigenvalue weighted by atomic mass is 10.1. The summed E-state index contributed by atoms with van der Waals surface area (Å²) < 4.78 is 20.3. The molecular weight excluding hydrogens is 325 g/mol. The van der Waals surface area contributed by atoms with Crippen LogP contribution in [0.1, 0.15) is 24.6 Å². The highest BCUT2D eigenvalue weighted by Gasteiger charge is 2.17. The Morgan fingerprint density at radius 3 is 2.92 bits per heavy atom. The van der Waals surface area contributed by atoms with Crippen molar-refractivity contribution in [2.24, 2.45) is 7.05 Å². The number of amides is 1. The van der Waals surface area contributed by atoms with Crippen LogP contribution in [0.25, 0.3) is 11.0 Å². The summed E-state index contributed by atoms with van der Waals surface area (Å²) >= 11 is 0. The van der Waals surface area contributed by atoms with Crippen LogP contribution in [0, 0.1) is 5.82 Å². The first-order chi connectivity index (χ1) is 12.0. The predicted molar refractivity (Wildman–Crippen MR) is 92.1 cm³/mol.